The SMILES string of the molecule is O=S(=O)(O)OC1CCCCN1S. The Labute approximate surface area is 77.2 Å². The molecule has 0 amide bonds. The summed E-state index contributed by atoms with van der Waals surface area (Å²) in [5, 5.41) is 0. The summed E-state index contributed by atoms with van der Waals surface area (Å²) in [7, 11) is -4.35. The molecule has 0 aromatic rings. The van der Waals surface area contributed by atoms with Crippen LogP contribution in [0.2, 0.25) is 0 Å². The Kier molecular flexibility index (Phi) is 3.36. The van der Waals surface area contributed by atoms with Gasteiger partial charge in [-0.1, -0.05) is 12.8 Å². The minimum absolute atomic E-state index is 0.573. The van der Waals surface area contributed by atoms with Gasteiger partial charge in [-0.2, -0.15) is 8.42 Å². The van der Waals surface area contributed by atoms with Crippen LogP contribution >= 0.6 is 12.8 Å². The van der Waals surface area contributed by atoms with Gasteiger partial charge in [-0.05, 0) is 19.3 Å². The molecule has 1 heterocycles. The first kappa shape index (κ1) is 10.3. The predicted octanol–water partition coefficient (Wildman–Crippen LogP) is 0.463. The third-order valence-corrected chi connectivity index (χ3v) is 2.58. The van der Waals surface area contributed by atoms with Gasteiger partial charge in [0.05, 0.1) is 0 Å². The van der Waals surface area contributed by atoms with E-state index >= 15 is 0 Å². The first-order valence-electron chi connectivity index (χ1n) is 3.60. The summed E-state index contributed by atoms with van der Waals surface area (Å²) in [5.41, 5.74) is 0. The van der Waals surface area contributed by atoms with E-state index in [-0.39, 0.29) is 0 Å². The highest BCUT2D eigenvalue weighted by Gasteiger charge is 2.24. The molecule has 5 nitrogen and oxygen atoms in total. The van der Waals surface area contributed by atoms with Crippen molar-refractivity contribution in [3.8, 4) is 0 Å². The second-order valence-electron chi connectivity index (χ2n) is 2.64. The lowest BCUT2D eigenvalue weighted by Gasteiger charge is -2.28. The first-order valence-corrected chi connectivity index (χ1v) is 5.37. The van der Waals surface area contributed by atoms with Gasteiger partial charge in [0.2, 0.25) is 0 Å². The summed E-state index contributed by atoms with van der Waals surface area (Å²) in [4.78, 5) is 0. The molecule has 1 N–H and O–H groups in total. The molecule has 1 unspecified atom stereocenters. The lowest BCUT2D eigenvalue weighted by Crippen LogP contribution is -2.36. The van der Waals surface area contributed by atoms with Crippen molar-refractivity contribution in [2.75, 3.05) is 6.54 Å². The molecule has 0 aliphatic carbocycles. The molecule has 1 fully saturated rings. The van der Waals surface area contributed by atoms with E-state index in [0.717, 1.165) is 12.8 Å². The summed E-state index contributed by atoms with van der Waals surface area (Å²) in [6.07, 6.45) is 1.80. The maximum atomic E-state index is 10.3. The maximum absolute atomic E-state index is 10.3. The molecular weight excluding hydrogens is 202 g/mol. The molecule has 72 valence electrons. The number of hydrogen-bond acceptors (Lipinski definition) is 5. The van der Waals surface area contributed by atoms with Crippen LogP contribution in [0.25, 0.3) is 0 Å². The Morgan fingerprint density at radius 2 is 2.17 bits per heavy atom. The molecule has 0 radical (unpaired) electrons. The average Bonchev–Trinajstić information content (AvgIpc) is 1.91. The zero-order valence-electron chi connectivity index (χ0n) is 6.38. The average molecular weight is 213 g/mol. The monoisotopic (exact) mass is 213 g/mol. The molecule has 0 aromatic heterocycles. The standard InChI is InChI=1S/C5H11NO4S2/c7-12(8,9)10-5-3-1-2-4-6(5)11/h5,11H,1-4H2,(H,7,8,9). The van der Waals surface area contributed by atoms with Crippen molar-refractivity contribution in [1.82, 2.24) is 4.31 Å². The van der Waals surface area contributed by atoms with Gasteiger partial charge in [-0.15, -0.1) is 0 Å². The van der Waals surface area contributed by atoms with Crippen LogP contribution in [0, 0.1) is 0 Å². The number of rotatable bonds is 2. The van der Waals surface area contributed by atoms with Crippen molar-refractivity contribution in [1.29, 1.82) is 0 Å². The number of hydrogen-bond donors (Lipinski definition) is 2. The fourth-order valence-electron chi connectivity index (χ4n) is 1.12. The molecular formula is C5H11NO4S2. The van der Waals surface area contributed by atoms with Crippen LogP contribution in [-0.2, 0) is 14.6 Å². The third-order valence-electron chi connectivity index (χ3n) is 1.65. The van der Waals surface area contributed by atoms with Crippen LogP contribution in [0.4, 0.5) is 0 Å². The Bertz CT molecular complexity index is 240. The summed E-state index contributed by atoms with van der Waals surface area (Å²) < 4.78 is 34.9. The topological polar surface area (TPSA) is 66.8 Å². The predicted molar refractivity (Wildman–Crippen MR) is 46.0 cm³/mol. The minimum Gasteiger partial charge on any atom is -0.263 e. The molecule has 0 saturated carbocycles. The highest BCUT2D eigenvalue weighted by atomic mass is 32.3. The van der Waals surface area contributed by atoms with E-state index in [0.29, 0.717) is 13.0 Å². The normalized spacial score (nSPS) is 27.3. The van der Waals surface area contributed by atoms with Crippen molar-refractivity contribution < 1.29 is 17.2 Å². The molecule has 12 heavy (non-hydrogen) atoms. The van der Waals surface area contributed by atoms with E-state index in [1.54, 1.807) is 0 Å². The molecule has 1 aliphatic rings. The Balaban J connectivity index is 2.50. The van der Waals surface area contributed by atoms with Crippen LogP contribution in [0.3, 0.4) is 0 Å². The van der Waals surface area contributed by atoms with Gasteiger partial charge in [-0.25, -0.2) is 8.49 Å². The van der Waals surface area contributed by atoms with Crippen molar-refractivity contribution in [3.05, 3.63) is 0 Å². The van der Waals surface area contributed by atoms with Crippen molar-refractivity contribution in [3.63, 3.8) is 0 Å². The van der Waals surface area contributed by atoms with E-state index in [2.05, 4.69) is 17.0 Å². The van der Waals surface area contributed by atoms with Gasteiger partial charge in [0.25, 0.3) is 0 Å². The fraction of sp³-hybridized carbons (Fsp3) is 1.00. The highest BCUT2D eigenvalue weighted by molar-refractivity contribution is 7.81. The second kappa shape index (κ2) is 3.93. The van der Waals surface area contributed by atoms with Gasteiger partial charge in [0, 0.05) is 6.54 Å². The van der Waals surface area contributed by atoms with Gasteiger partial charge in [0.1, 0.15) is 6.23 Å². The maximum Gasteiger partial charge on any atom is 0.398 e. The van der Waals surface area contributed by atoms with Crippen LogP contribution in [-0.4, -0.2) is 30.0 Å². The summed E-state index contributed by atoms with van der Waals surface area (Å²) in [6.45, 7) is 0.670. The number of piperidine rings is 1. The molecule has 1 saturated heterocycles. The minimum atomic E-state index is -4.35. The van der Waals surface area contributed by atoms with E-state index in [1.807, 2.05) is 0 Å². The van der Waals surface area contributed by atoms with E-state index in [9.17, 15) is 8.42 Å². The third kappa shape index (κ3) is 3.28. The number of thiol groups is 1. The van der Waals surface area contributed by atoms with Crippen LogP contribution < -0.4 is 0 Å². The second-order valence-corrected chi connectivity index (χ2v) is 4.20. The lowest BCUT2D eigenvalue weighted by molar-refractivity contribution is 0.0597. The zero-order chi connectivity index (χ0) is 9.19. The Morgan fingerprint density at radius 1 is 1.50 bits per heavy atom. The van der Waals surface area contributed by atoms with Crippen molar-refractivity contribution >= 4 is 23.2 Å². The quantitative estimate of drug-likeness (QED) is 0.515. The smallest absolute Gasteiger partial charge is 0.263 e. The fourth-order valence-corrected chi connectivity index (χ4v) is 1.97. The largest absolute Gasteiger partial charge is 0.398 e. The van der Waals surface area contributed by atoms with Crippen LogP contribution in [0.15, 0.2) is 0 Å². The molecule has 1 atom stereocenters. The van der Waals surface area contributed by atoms with Crippen molar-refractivity contribution in [2.24, 2.45) is 0 Å². The lowest BCUT2D eigenvalue weighted by atomic mass is 10.1. The molecule has 0 bridgehead atoms. The van der Waals surface area contributed by atoms with Crippen molar-refractivity contribution in [2.45, 2.75) is 25.5 Å². The molecule has 1 aliphatic heterocycles. The molecule has 0 spiro atoms. The Hall–Kier alpha value is 0.180. The summed E-state index contributed by atoms with van der Waals surface area (Å²) >= 11 is 4.00. The van der Waals surface area contributed by atoms with Crippen LogP contribution in [0.1, 0.15) is 19.3 Å². The van der Waals surface area contributed by atoms with Gasteiger partial charge >= 0.3 is 10.4 Å². The Morgan fingerprint density at radius 3 is 2.67 bits per heavy atom. The number of nitrogens with zero attached hydrogens (tertiary/aromatic N) is 1. The molecule has 7 heteroatoms. The van der Waals surface area contributed by atoms with Gasteiger partial charge in [0.15, 0.2) is 0 Å². The van der Waals surface area contributed by atoms with E-state index in [1.165, 1.54) is 4.31 Å². The van der Waals surface area contributed by atoms with E-state index in [4.69, 9.17) is 4.55 Å². The first-order chi connectivity index (χ1) is 5.49. The summed E-state index contributed by atoms with van der Waals surface area (Å²) in [6, 6.07) is 0. The molecule has 0 aromatic carbocycles. The van der Waals surface area contributed by atoms with Crippen LogP contribution in [0.5, 0.6) is 0 Å². The van der Waals surface area contributed by atoms with Gasteiger partial charge in [-0.3, -0.25) is 4.55 Å². The van der Waals surface area contributed by atoms with Gasteiger partial charge < -0.3 is 0 Å². The highest BCUT2D eigenvalue weighted by Crippen LogP contribution is 2.20. The molecule has 1 rings (SSSR count). The zero-order valence-corrected chi connectivity index (χ0v) is 8.09. The van der Waals surface area contributed by atoms with E-state index < -0.39 is 16.6 Å². The summed E-state index contributed by atoms with van der Waals surface area (Å²) in [5.74, 6) is 0.